The van der Waals surface area contributed by atoms with Gasteiger partial charge in [-0.25, -0.2) is 0 Å². The SMILES string of the molecule is CC(C)(C)c1ccc2c(c1)c1cc(-c3ccc(-c4ccc(-c5ccc(-c6ccc(N(c7ccccc7)c7ccc(-c8ccccc8)cc7)cc6)cc5)cc4)cc3)ccc1n2-c1ccccc1. The highest BCUT2D eigenvalue weighted by Gasteiger charge is 2.19. The molecule has 0 aliphatic rings. The lowest BCUT2D eigenvalue weighted by Gasteiger charge is -2.26. The molecular weight excluding hydrogens is 797 g/mol. The molecular formula is C64H50N2. The maximum absolute atomic E-state index is 2.40. The smallest absolute Gasteiger partial charge is 0.0541 e. The van der Waals surface area contributed by atoms with Gasteiger partial charge >= 0.3 is 0 Å². The van der Waals surface area contributed by atoms with Gasteiger partial charge in [-0.2, -0.15) is 0 Å². The standard InChI is InChI=1S/C64H50N2/c1-64(2,3)55-36-42-63-61(44-55)60-43-54(35-41-62(60)66(63)57-17-11-6-12-18-57)53-29-27-49(28-30-53)48-21-19-46(20-22-48)47-23-25-50(26-24-47)52-33-39-59(40-34-52)65(56-15-9-5-10-16-56)58-37-31-51(32-38-58)45-13-7-4-8-14-45/h4-44H,1-3H3. The van der Waals surface area contributed by atoms with E-state index in [-0.39, 0.29) is 5.41 Å². The van der Waals surface area contributed by atoms with Crippen molar-refractivity contribution in [2.75, 3.05) is 4.90 Å². The van der Waals surface area contributed by atoms with E-state index in [2.05, 4.69) is 279 Å². The molecule has 0 N–H and O–H groups in total. The third kappa shape index (κ3) is 7.88. The normalized spacial score (nSPS) is 11.6. The maximum Gasteiger partial charge on any atom is 0.0541 e. The fourth-order valence-corrected chi connectivity index (χ4v) is 9.35. The van der Waals surface area contributed by atoms with Crippen LogP contribution in [0.25, 0.3) is 83.1 Å². The first-order chi connectivity index (χ1) is 32.3. The van der Waals surface area contributed by atoms with Crippen LogP contribution >= 0.6 is 0 Å². The second-order valence-corrected chi connectivity index (χ2v) is 18.2. The average Bonchev–Trinajstić information content (AvgIpc) is 3.71. The fraction of sp³-hybridized carbons (Fsp3) is 0.0625. The summed E-state index contributed by atoms with van der Waals surface area (Å²) in [4.78, 5) is 2.31. The first kappa shape index (κ1) is 40.6. The topological polar surface area (TPSA) is 8.17 Å². The van der Waals surface area contributed by atoms with Crippen molar-refractivity contribution in [3.05, 3.63) is 254 Å². The van der Waals surface area contributed by atoms with E-state index in [1.165, 1.54) is 88.7 Å². The molecule has 0 amide bonds. The van der Waals surface area contributed by atoms with E-state index in [1.54, 1.807) is 0 Å². The fourth-order valence-electron chi connectivity index (χ4n) is 9.35. The minimum Gasteiger partial charge on any atom is -0.311 e. The summed E-state index contributed by atoms with van der Waals surface area (Å²) in [5.74, 6) is 0. The molecule has 11 aromatic rings. The van der Waals surface area contributed by atoms with Crippen LogP contribution in [-0.4, -0.2) is 4.57 Å². The highest BCUT2D eigenvalue weighted by molar-refractivity contribution is 6.11. The van der Waals surface area contributed by atoms with Crippen LogP contribution in [0.5, 0.6) is 0 Å². The van der Waals surface area contributed by atoms with Gasteiger partial charge in [0.2, 0.25) is 0 Å². The van der Waals surface area contributed by atoms with Crippen LogP contribution < -0.4 is 4.90 Å². The molecule has 0 spiro atoms. The molecule has 1 heterocycles. The Morgan fingerprint density at radius 3 is 1.05 bits per heavy atom. The molecule has 2 heteroatoms. The summed E-state index contributed by atoms with van der Waals surface area (Å²) >= 11 is 0. The number of anilines is 3. The van der Waals surface area contributed by atoms with Crippen molar-refractivity contribution < 1.29 is 0 Å². The summed E-state index contributed by atoms with van der Waals surface area (Å²) < 4.78 is 2.40. The van der Waals surface area contributed by atoms with Gasteiger partial charge < -0.3 is 9.47 Å². The number of aromatic nitrogens is 1. The van der Waals surface area contributed by atoms with Gasteiger partial charge in [-0.15, -0.1) is 0 Å². The third-order valence-corrected chi connectivity index (χ3v) is 13.0. The largest absolute Gasteiger partial charge is 0.311 e. The minimum atomic E-state index is 0.0609. The number of hydrogen-bond donors (Lipinski definition) is 0. The lowest BCUT2D eigenvalue weighted by atomic mass is 9.86. The molecule has 316 valence electrons. The predicted octanol–water partition coefficient (Wildman–Crippen LogP) is 17.9. The van der Waals surface area contributed by atoms with Crippen LogP contribution in [0.2, 0.25) is 0 Å². The highest BCUT2D eigenvalue weighted by Crippen LogP contribution is 2.39. The zero-order valence-corrected chi connectivity index (χ0v) is 37.6. The summed E-state index contributed by atoms with van der Waals surface area (Å²) in [6.45, 7) is 6.87. The van der Waals surface area contributed by atoms with E-state index in [1.807, 2.05) is 0 Å². The number of nitrogens with zero attached hydrogens (tertiary/aromatic N) is 2. The number of benzene rings is 10. The van der Waals surface area contributed by atoms with Crippen LogP contribution in [0.4, 0.5) is 17.1 Å². The Hall–Kier alpha value is -8.20. The van der Waals surface area contributed by atoms with E-state index in [9.17, 15) is 0 Å². The van der Waals surface area contributed by atoms with Gasteiger partial charge in [0.05, 0.1) is 11.0 Å². The summed E-state index contributed by atoms with van der Waals surface area (Å²) in [5.41, 5.74) is 20.4. The molecule has 0 saturated heterocycles. The molecule has 66 heavy (non-hydrogen) atoms. The van der Waals surface area contributed by atoms with Gasteiger partial charge in [0.1, 0.15) is 0 Å². The third-order valence-electron chi connectivity index (χ3n) is 13.0. The first-order valence-corrected chi connectivity index (χ1v) is 22.9. The van der Waals surface area contributed by atoms with Crippen LogP contribution in [-0.2, 0) is 5.41 Å². The van der Waals surface area contributed by atoms with E-state index in [4.69, 9.17) is 0 Å². The van der Waals surface area contributed by atoms with E-state index in [0.29, 0.717) is 0 Å². The lowest BCUT2D eigenvalue weighted by molar-refractivity contribution is 0.591. The molecule has 2 nitrogen and oxygen atoms in total. The Kier molecular flexibility index (Phi) is 10.5. The maximum atomic E-state index is 2.40. The second-order valence-electron chi connectivity index (χ2n) is 18.2. The molecule has 0 atom stereocenters. The second kappa shape index (κ2) is 17.1. The summed E-state index contributed by atoms with van der Waals surface area (Å²) in [6, 6.07) is 90.4. The molecule has 1 aromatic heterocycles. The quantitative estimate of drug-likeness (QED) is 0.140. The van der Waals surface area contributed by atoms with Crippen molar-refractivity contribution in [2.45, 2.75) is 26.2 Å². The molecule has 0 bridgehead atoms. The predicted molar refractivity (Wildman–Crippen MR) is 281 cm³/mol. The minimum absolute atomic E-state index is 0.0609. The Labute approximate surface area is 388 Å². The summed E-state index contributed by atoms with van der Waals surface area (Å²) in [6.07, 6.45) is 0. The molecule has 0 aliphatic heterocycles. The zero-order valence-electron chi connectivity index (χ0n) is 37.6. The van der Waals surface area contributed by atoms with E-state index in [0.717, 1.165) is 17.1 Å². The van der Waals surface area contributed by atoms with Crippen LogP contribution in [0, 0.1) is 0 Å². The van der Waals surface area contributed by atoms with Crippen molar-refractivity contribution >= 4 is 38.9 Å². The first-order valence-electron chi connectivity index (χ1n) is 22.9. The van der Waals surface area contributed by atoms with Crippen molar-refractivity contribution in [1.82, 2.24) is 4.57 Å². The van der Waals surface area contributed by atoms with Crippen LogP contribution in [0.3, 0.4) is 0 Å². The number of rotatable bonds is 9. The van der Waals surface area contributed by atoms with Gasteiger partial charge in [-0.3, -0.25) is 0 Å². The summed E-state index contributed by atoms with van der Waals surface area (Å²) in [7, 11) is 0. The van der Waals surface area contributed by atoms with Gasteiger partial charge in [-0.05, 0) is 139 Å². The van der Waals surface area contributed by atoms with Crippen LogP contribution in [0.1, 0.15) is 26.3 Å². The Bertz CT molecular complexity index is 3420. The number of hydrogen-bond acceptors (Lipinski definition) is 1. The highest BCUT2D eigenvalue weighted by atomic mass is 15.1. The van der Waals surface area contributed by atoms with Crippen LogP contribution in [0.15, 0.2) is 249 Å². The van der Waals surface area contributed by atoms with Gasteiger partial charge in [0.25, 0.3) is 0 Å². The van der Waals surface area contributed by atoms with E-state index < -0.39 is 0 Å². The molecule has 0 fully saturated rings. The van der Waals surface area contributed by atoms with E-state index >= 15 is 0 Å². The zero-order chi connectivity index (χ0) is 44.6. The Morgan fingerprint density at radius 1 is 0.288 bits per heavy atom. The van der Waals surface area contributed by atoms with Gasteiger partial charge in [-0.1, -0.05) is 197 Å². The molecule has 0 saturated carbocycles. The van der Waals surface area contributed by atoms with Crippen molar-refractivity contribution in [3.63, 3.8) is 0 Å². The van der Waals surface area contributed by atoms with Crippen molar-refractivity contribution in [2.24, 2.45) is 0 Å². The molecule has 0 aliphatic carbocycles. The Balaban J connectivity index is 0.809. The molecule has 0 unspecified atom stereocenters. The molecule has 0 radical (unpaired) electrons. The number of para-hydroxylation sites is 2. The molecule has 11 rings (SSSR count). The average molecular weight is 847 g/mol. The Morgan fingerprint density at radius 2 is 0.606 bits per heavy atom. The van der Waals surface area contributed by atoms with Crippen molar-refractivity contribution in [1.29, 1.82) is 0 Å². The van der Waals surface area contributed by atoms with Gasteiger partial charge in [0, 0.05) is 33.5 Å². The van der Waals surface area contributed by atoms with Gasteiger partial charge in [0.15, 0.2) is 0 Å². The van der Waals surface area contributed by atoms with Crippen molar-refractivity contribution in [3.8, 4) is 61.3 Å². The molecule has 10 aromatic carbocycles. The lowest BCUT2D eigenvalue weighted by Crippen LogP contribution is -2.10. The number of fused-ring (bicyclic) bond motifs is 3. The monoisotopic (exact) mass is 846 g/mol. The summed E-state index contributed by atoms with van der Waals surface area (Å²) in [5, 5.41) is 2.56.